The van der Waals surface area contributed by atoms with Crippen molar-refractivity contribution in [2.24, 2.45) is 0 Å². The minimum Gasteiger partial charge on any atom is -0.395 e. The number of aliphatic hydroxyl groups excluding tert-OH is 2. The number of halogens is 1. The Labute approximate surface area is 122 Å². The van der Waals surface area contributed by atoms with Crippen LogP contribution in [0.2, 0.25) is 0 Å². The van der Waals surface area contributed by atoms with Crippen LogP contribution >= 0.6 is 15.9 Å². The third-order valence-corrected chi connectivity index (χ3v) is 4.47. The third kappa shape index (κ3) is 3.37. The predicted molar refractivity (Wildman–Crippen MR) is 78.2 cm³/mol. The quantitative estimate of drug-likeness (QED) is 0.873. The molecule has 1 aromatic carbocycles. The first kappa shape index (κ1) is 15.0. The van der Waals surface area contributed by atoms with Crippen LogP contribution in [0.3, 0.4) is 0 Å². The zero-order chi connectivity index (χ0) is 13.9. The van der Waals surface area contributed by atoms with Gasteiger partial charge in [0.25, 0.3) is 0 Å². The second kappa shape index (κ2) is 6.35. The molecule has 0 aromatic heterocycles. The lowest BCUT2D eigenvalue weighted by Crippen LogP contribution is -2.38. The normalized spacial score (nSPS) is 23.8. The molecule has 3 nitrogen and oxygen atoms in total. The zero-order valence-electron chi connectivity index (χ0n) is 11.2. The Kier molecular flexibility index (Phi) is 5.01. The molecule has 19 heavy (non-hydrogen) atoms. The molecule has 0 spiro atoms. The number of aliphatic hydroxyl groups is 2. The van der Waals surface area contributed by atoms with Crippen molar-refractivity contribution in [1.29, 1.82) is 0 Å². The lowest BCUT2D eigenvalue weighted by atomic mass is 9.77. The molecule has 2 atom stereocenters. The summed E-state index contributed by atoms with van der Waals surface area (Å²) in [7, 11) is 0. The molecule has 2 rings (SSSR count). The highest BCUT2D eigenvalue weighted by Gasteiger charge is 2.36. The van der Waals surface area contributed by atoms with Crippen LogP contribution in [0.15, 0.2) is 28.7 Å². The number of hydrogen-bond acceptors (Lipinski definition) is 3. The third-order valence-electron chi connectivity index (χ3n) is 3.98. The highest BCUT2D eigenvalue weighted by Crippen LogP contribution is 2.35. The molecule has 0 bridgehead atoms. The average molecular weight is 329 g/mol. The summed E-state index contributed by atoms with van der Waals surface area (Å²) in [5.41, 5.74) is 0.327. The Bertz CT molecular complexity index is 418. The summed E-state index contributed by atoms with van der Waals surface area (Å²) >= 11 is 3.44. The Morgan fingerprint density at radius 2 is 2.05 bits per heavy atom. The van der Waals surface area contributed by atoms with Crippen molar-refractivity contribution in [3.05, 3.63) is 34.3 Å². The SMILES string of the molecule is CC1CCC(CC(CO)(CO)c2cccc(Br)c2)O1. The highest BCUT2D eigenvalue weighted by molar-refractivity contribution is 9.10. The Balaban J connectivity index is 2.21. The summed E-state index contributed by atoms with van der Waals surface area (Å²) in [5.74, 6) is 0. The Morgan fingerprint density at radius 1 is 1.32 bits per heavy atom. The Morgan fingerprint density at radius 3 is 2.58 bits per heavy atom. The molecule has 2 unspecified atom stereocenters. The largest absolute Gasteiger partial charge is 0.395 e. The lowest BCUT2D eigenvalue weighted by molar-refractivity contribution is 0.0113. The van der Waals surface area contributed by atoms with Gasteiger partial charge in [-0.15, -0.1) is 0 Å². The second-order valence-electron chi connectivity index (χ2n) is 5.46. The van der Waals surface area contributed by atoms with Crippen LogP contribution in [0, 0.1) is 0 Å². The van der Waals surface area contributed by atoms with E-state index >= 15 is 0 Å². The van der Waals surface area contributed by atoms with Gasteiger partial charge in [-0.05, 0) is 43.9 Å². The van der Waals surface area contributed by atoms with E-state index in [0.717, 1.165) is 22.9 Å². The van der Waals surface area contributed by atoms with Crippen LogP contribution < -0.4 is 0 Å². The minimum atomic E-state index is -0.626. The van der Waals surface area contributed by atoms with Gasteiger partial charge in [-0.2, -0.15) is 0 Å². The molecular formula is C15H21BrO3. The van der Waals surface area contributed by atoms with Crippen molar-refractivity contribution in [3.63, 3.8) is 0 Å². The molecule has 0 aliphatic carbocycles. The van der Waals surface area contributed by atoms with Gasteiger partial charge in [0.05, 0.1) is 25.4 Å². The van der Waals surface area contributed by atoms with E-state index in [1.165, 1.54) is 0 Å². The van der Waals surface area contributed by atoms with E-state index in [0.29, 0.717) is 6.42 Å². The molecule has 2 N–H and O–H groups in total. The second-order valence-corrected chi connectivity index (χ2v) is 6.37. The van der Waals surface area contributed by atoms with Gasteiger partial charge in [0.2, 0.25) is 0 Å². The van der Waals surface area contributed by atoms with E-state index in [2.05, 4.69) is 22.9 Å². The molecule has 1 saturated heterocycles. The highest BCUT2D eigenvalue weighted by atomic mass is 79.9. The van der Waals surface area contributed by atoms with Crippen LogP contribution in [0.25, 0.3) is 0 Å². The fraction of sp³-hybridized carbons (Fsp3) is 0.600. The molecule has 1 aliphatic heterocycles. The van der Waals surface area contributed by atoms with Crippen molar-refractivity contribution in [3.8, 4) is 0 Å². The number of benzene rings is 1. The molecule has 0 amide bonds. The van der Waals surface area contributed by atoms with E-state index in [9.17, 15) is 10.2 Å². The number of rotatable bonds is 5. The van der Waals surface area contributed by atoms with Crippen LogP contribution in [-0.2, 0) is 10.2 Å². The van der Waals surface area contributed by atoms with Gasteiger partial charge in [0.1, 0.15) is 0 Å². The first-order valence-electron chi connectivity index (χ1n) is 6.73. The fourth-order valence-electron chi connectivity index (χ4n) is 2.77. The van der Waals surface area contributed by atoms with E-state index in [1.54, 1.807) is 0 Å². The maximum atomic E-state index is 9.82. The van der Waals surface area contributed by atoms with E-state index in [-0.39, 0.29) is 25.4 Å². The first-order chi connectivity index (χ1) is 9.09. The van der Waals surface area contributed by atoms with Crippen LogP contribution in [0.5, 0.6) is 0 Å². The number of hydrogen-bond donors (Lipinski definition) is 2. The van der Waals surface area contributed by atoms with Gasteiger partial charge < -0.3 is 14.9 Å². The van der Waals surface area contributed by atoms with E-state index in [4.69, 9.17) is 4.74 Å². The zero-order valence-corrected chi connectivity index (χ0v) is 12.8. The summed E-state index contributed by atoms with van der Waals surface area (Å²) in [5, 5.41) is 19.6. The molecular weight excluding hydrogens is 308 g/mol. The van der Waals surface area contributed by atoms with Gasteiger partial charge in [0.15, 0.2) is 0 Å². The van der Waals surface area contributed by atoms with Crippen molar-refractivity contribution < 1.29 is 14.9 Å². The van der Waals surface area contributed by atoms with Crippen LogP contribution in [-0.4, -0.2) is 35.6 Å². The van der Waals surface area contributed by atoms with Gasteiger partial charge in [-0.1, -0.05) is 28.1 Å². The summed E-state index contributed by atoms with van der Waals surface area (Å²) in [6, 6.07) is 7.79. The van der Waals surface area contributed by atoms with Gasteiger partial charge in [-0.25, -0.2) is 0 Å². The van der Waals surface area contributed by atoms with Crippen molar-refractivity contribution in [2.75, 3.05) is 13.2 Å². The molecule has 1 aliphatic rings. The molecule has 1 aromatic rings. The minimum absolute atomic E-state index is 0.0752. The predicted octanol–water partition coefficient (Wildman–Crippen LogP) is 2.63. The maximum Gasteiger partial charge on any atom is 0.0590 e. The summed E-state index contributed by atoms with van der Waals surface area (Å²) in [6.07, 6.45) is 3.10. The lowest BCUT2D eigenvalue weighted by Gasteiger charge is -2.33. The summed E-state index contributed by atoms with van der Waals surface area (Å²) in [4.78, 5) is 0. The fourth-order valence-corrected chi connectivity index (χ4v) is 3.17. The smallest absolute Gasteiger partial charge is 0.0590 e. The van der Waals surface area contributed by atoms with Gasteiger partial charge >= 0.3 is 0 Å². The first-order valence-corrected chi connectivity index (χ1v) is 7.52. The van der Waals surface area contributed by atoms with E-state index in [1.807, 2.05) is 24.3 Å². The van der Waals surface area contributed by atoms with Gasteiger partial charge in [-0.3, -0.25) is 0 Å². The molecule has 1 heterocycles. The molecule has 1 fully saturated rings. The Hall–Kier alpha value is -0.420. The number of ether oxygens (including phenoxy) is 1. The topological polar surface area (TPSA) is 49.7 Å². The maximum absolute atomic E-state index is 9.82. The summed E-state index contributed by atoms with van der Waals surface area (Å²) in [6.45, 7) is 1.92. The molecule has 4 heteroatoms. The average Bonchev–Trinajstić information content (AvgIpc) is 2.81. The van der Waals surface area contributed by atoms with Crippen LogP contribution in [0.1, 0.15) is 31.7 Å². The standard InChI is InChI=1S/C15H21BrO3/c1-11-5-6-14(19-11)8-15(9-17,10-18)12-3-2-4-13(16)7-12/h2-4,7,11,14,17-18H,5-6,8-10H2,1H3. The van der Waals surface area contributed by atoms with Crippen molar-refractivity contribution in [1.82, 2.24) is 0 Å². The molecule has 0 saturated carbocycles. The van der Waals surface area contributed by atoms with E-state index < -0.39 is 5.41 Å². The van der Waals surface area contributed by atoms with Gasteiger partial charge in [0, 0.05) is 9.89 Å². The van der Waals surface area contributed by atoms with Crippen molar-refractivity contribution >= 4 is 15.9 Å². The summed E-state index contributed by atoms with van der Waals surface area (Å²) < 4.78 is 6.79. The monoisotopic (exact) mass is 328 g/mol. The molecule has 106 valence electrons. The van der Waals surface area contributed by atoms with Crippen LogP contribution in [0.4, 0.5) is 0 Å². The van der Waals surface area contributed by atoms with Crippen molar-refractivity contribution in [2.45, 2.75) is 43.8 Å². The molecule has 0 radical (unpaired) electrons.